The van der Waals surface area contributed by atoms with Crippen molar-refractivity contribution in [2.24, 2.45) is 0 Å². The summed E-state index contributed by atoms with van der Waals surface area (Å²) in [5.74, 6) is -0.408. The molecule has 0 aliphatic carbocycles. The maximum atomic E-state index is 12.4. The second-order valence-corrected chi connectivity index (χ2v) is 5.08. The third-order valence-electron chi connectivity index (χ3n) is 3.53. The largest absolute Gasteiger partial charge is 0.342 e. The summed E-state index contributed by atoms with van der Waals surface area (Å²) in [6.45, 7) is 5.10. The van der Waals surface area contributed by atoms with Gasteiger partial charge in [-0.2, -0.15) is 9.90 Å². The number of carbonyl (C=O) groups is 2. The van der Waals surface area contributed by atoms with Crippen molar-refractivity contribution in [3.05, 3.63) is 42.2 Å². The van der Waals surface area contributed by atoms with E-state index in [1.54, 1.807) is 11.9 Å². The summed E-state index contributed by atoms with van der Waals surface area (Å²) in [7, 11) is 1.59. The minimum Gasteiger partial charge on any atom is -0.342 e. The van der Waals surface area contributed by atoms with Crippen LogP contribution in [-0.2, 0) is 4.79 Å². The molecule has 2 aromatic rings. The van der Waals surface area contributed by atoms with Gasteiger partial charge >= 0.3 is 0 Å². The van der Waals surface area contributed by atoms with E-state index in [2.05, 4.69) is 10.2 Å². The van der Waals surface area contributed by atoms with Gasteiger partial charge in [0.2, 0.25) is 5.91 Å². The fraction of sp³-hybridized carbons (Fsp3) is 0.375. The first-order valence-electron chi connectivity index (χ1n) is 7.57. The van der Waals surface area contributed by atoms with Gasteiger partial charge in [-0.3, -0.25) is 9.59 Å². The minimum absolute atomic E-state index is 0.0265. The monoisotopic (exact) mass is 315 g/mol. The molecule has 0 spiro atoms. The highest BCUT2D eigenvalue weighted by molar-refractivity contribution is 5.94. The number of hydrogen-bond acceptors (Lipinski definition) is 4. The Morgan fingerprint density at radius 2 is 1.78 bits per heavy atom. The molecule has 2 amide bonds. The van der Waals surface area contributed by atoms with E-state index in [0.29, 0.717) is 13.1 Å². The number of hydrogen-bond donors (Lipinski definition) is 0. The molecule has 0 radical (unpaired) electrons. The fourth-order valence-corrected chi connectivity index (χ4v) is 2.19. The number of rotatable bonds is 6. The number of benzene rings is 1. The van der Waals surface area contributed by atoms with Crippen molar-refractivity contribution < 1.29 is 9.59 Å². The van der Waals surface area contributed by atoms with Crippen molar-refractivity contribution in [1.29, 1.82) is 0 Å². The average molecular weight is 315 g/mol. The van der Waals surface area contributed by atoms with Crippen molar-refractivity contribution in [1.82, 2.24) is 24.8 Å². The number of nitrogens with zero attached hydrogens (tertiary/aromatic N) is 5. The number of carbonyl (C=O) groups excluding carboxylic acids is 2. The van der Waals surface area contributed by atoms with Crippen LogP contribution >= 0.6 is 0 Å². The van der Waals surface area contributed by atoms with Crippen LogP contribution in [0.4, 0.5) is 0 Å². The highest BCUT2D eigenvalue weighted by Crippen LogP contribution is 2.06. The van der Waals surface area contributed by atoms with Gasteiger partial charge in [0.25, 0.3) is 5.91 Å². The van der Waals surface area contributed by atoms with Crippen LogP contribution in [0.3, 0.4) is 0 Å². The smallest absolute Gasteiger partial charge is 0.276 e. The van der Waals surface area contributed by atoms with Crippen molar-refractivity contribution in [3.8, 4) is 5.69 Å². The standard InChI is InChI=1S/C16H21N5O2/c1-4-20(5-2)15(22)12-19(3)16(23)14-11-17-21(18-14)13-9-7-6-8-10-13/h6-11H,4-5,12H2,1-3H3. The molecule has 23 heavy (non-hydrogen) atoms. The molecule has 2 rings (SSSR count). The van der Waals surface area contributed by atoms with Crippen molar-refractivity contribution in [3.63, 3.8) is 0 Å². The van der Waals surface area contributed by atoms with Gasteiger partial charge in [-0.05, 0) is 26.0 Å². The Morgan fingerprint density at radius 3 is 2.39 bits per heavy atom. The summed E-state index contributed by atoms with van der Waals surface area (Å²) in [5.41, 5.74) is 0.983. The van der Waals surface area contributed by atoms with E-state index in [9.17, 15) is 9.59 Å². The van der Waals surface area contributed by atoms with E-state index in [0.717, 1.165) is 5.69 Å². The quantitative estimate of drug-likeness (QED) is 0.803. The summed E-state index contributed by atoms with van der Waals surface area (Å²) in [6, 6.07) is 9.33. The maximum absolute atomic E-state index is 12.4. The molecule has 0 N–H and O–H groups in total. The number of amides is 2. The molecule has 0 saturated carbocycles. The highest BCUT2D eigenvalue weighted by Gasteiger charge is 2.20. The van der Waals surface area contributed by atoms with Gasteiger partial charge in [0.05, 0.1) is 18.4 Å². The average Bonchev–Trinajstić information content (AvgIpc) is 3.06. The van der Waals surface area contributed by atoms with Gasteiger partial charge in [0, 0.05) is 20.1 Å². The molecule has 0 aliphatic rings. The summed E-state index contributed by atoms with van der Waals surface area (Å²) in [5, 5.41) is 8.28. The number of likely N-dealkylation sites (N-methyl/N-ethyl adjacent to an activating group) is 2. The molecule has 1 heterocycles. The molecular formula is C16H21N5O2. The Labute approximate surface area is 135 Å². The second kappa shape index (κ2) is 7.53. The molecule has 0 fully saturated rings. The Hall–Kier alpha value is -2.70. The van der Waals surface area contributed by atoms with Crippen LogP contribution in [0.25, 0.3) is 5.69 Å². The second-order valence-electron chi connectivity index (χ2n) is 5.08. The molecule has 7 heteroatoms. The Kier molecular flexibility index (Phi) is 5.46. The summed E-state index contributed by atoms with van der Waals surface area (Å²) >= 11 is 0. The number of para-hydroxylation sites is 1. The first-order valence-corrected chi connectivity index (χ1v) is 7.57. The van der Waals surface area contributed by atoms with Crippen molar-refractivity contribution >= 4 is 11.8 Å². The summed E-state index contributed by atoms with van der Waals surface area (Å²) in [4.78, 5) is 28.9. The van der Waals surface area contributed by atoms with E-state index in [-0.39, 0.29) is 24.1 Å². The topological polar surface area (TPSA) is 71.3 Å². The number of aromatic nitrogens is 3. The van der Waals surface area contributed by atoms with E-state index < -0.39 is 0 Å². The van der Waals surface area contributed by atoms with Crippen molar-refractivity contribution in [2.75, 3.05) is 26.7 Å². The molecule has 1 aromatic carbocycles. The molecular weight excluding hydrogens is 294 g/mol. The van der Waals surface area contributed by atoms with Crippen molar-refractivity contribution in [2.45, 2.75) is 13.8 Å². The van der Waals surface area contributed by atoms with Gasteiger partial charge in [-0.1, -0.05) is 18.2 Å². The SMILES string of the molecule is CCN(CC)C(=O)CN(C)C(=O)c1cnn(-c2ccccc2)n1. The first-order chi connectivity index (χ1) is 11.1. The molecule has 0 atom stereocenters. The van der Waals surface area contributed by atoms with Gasteiger partial charge in [-0.25, -0.2) is 0 Å². The molecule has 0 aliphatic heterocycles. The zero-order valence-electron chi connectivity index (χ0n) is 13.6. The zero-order chi connectivity index (χ0) is 16.8. The summed E-state index contributed by atoms with van der Waals surface area (Å²) in [6.07, 6.45) is 1.41. The molecule has 0 saturated heterocycles. The Bertz CT molecular complexity index is 664. The van der Waals surface area contributed by atoms with Crippen LogP contribution in [0.15, 0.2) is 36.5 Å². The fourth-order valence-electron chi connectivity index (χ4n) is 2.19. The van der Waals surface area contributed by atoms with E-state index in [1.807, 2.05) is 44.2 Å². The molecule has 0 unspecified atom stereocenters. The van der Waals surface area contributed by atoms with E-state index >= 15 is 0 Å². The van der Waals surface area contributed by atoms with Crippen LogP contribution < -0.4 is 0 Å². The van der Waals surface area contributed by atoms with Crippen LogP contribution in [0.2, 0.25) is 0 Å². The molecule has 1 aromatic heterocycles. The van der Waals surface area contributed by atoms with E-state index in [1.165, 1.54) is 15.9 Å². The molecule has 7 nitrogen and oxygen atoms in total. The van der Waals surface area contributed by atoms with Gasteiger partial charge in [-0.15, -0.1) is 5.10 Å². The predicted octanol–water partition coefficient (Wildman–Crippen LogP) is 1.21. The van der Waals surface area contributed by atoms with Gasteiger partial charge < -0.3 is 9.80 Å². The van der Waals surface area contributed by atoms with Gasteiger partial charge in [0.15, 0.2) is 5.69 Å². The first kappa shape index (κ1) is 16.7. The van der Waals surface area contributed by atoms with Gasteiger partial charge in [0.1, 0.15) is 0 Å². The Morgan fingerprint density at radius 1 is 1.13 bits per heavy atom. The molecule has 122 valence electrons. The third kappa shape index (κ3) is 3.94. The lowest BCUT2D eigenvalue weighted by molar-refractivity contribution is -0.131. The lowest BCUT2D eigenvalue weighted by Crippen LogP contribution is -2.41. The minimum atomic E-state index is -0.326. The lowest BCUT2D eigenvalue weighted by Gasteiger charge is -2.22. The lowest BCUT2D eigenvalue weighted by atomic mass is 10.3. The van der Waals surface area contributed by atoms with Crippen LogP contribution in [0.1, 0.15) is 24.3 Å². The van der Waals surface area contributed by atoms with Crippen LogP contribution in [-0.4, -0.2) is 63.3 Å². The predicted molar refractivity (Wildman–Crippen MR) is 86.2 cm³/mol. The maximum Gasteiger partial charge on any atom is 0.276 e. The van der Waals surface area contributed by atoms with E-state index in [4.69, 9.17) is 0 Å². The highest BCUT2D eigenvalue weighted by atomic mass is 16.2. The normalized spacial score (nSPS) is 10.4. The zero-order valence-corrected chi connectivity index (χ0v) is 13.6. The van der Waals surface area contributed by atoms with Crippen LogP contribution in [0.5, 0.6) is 0 Å². The third-order valence-corrected chi connectivity index (χ3v) is 3.53. The molecule has 0 bridgehead atoms. The Balaban J connectivity index is 2.06. The van der Waals surface area contributed by atoms with Crippen LogP contribution in [0, 0.1) is 0 Å². The summed E-state index contributed by atoms with van der Waals surface area (Å²) < 4.78 is 0.